The van der Waals surface area contributed by atoms with Gasteiger partial charge in [0.1, 0.15) is 5.82 Å². The first kappa shape index (κ1) is 19.8. The van der Waals surface area contributed by atoms with Crippen molar-refractivity contribution in [1.29, 1.82) is 0 Å². The largest absolute Gasteiger partial charge is 0.361 e. The van der Waals surface area contributed by atoms with Gasteiger partial charge in [0.15, 0.2) is 0 Å². The lowest BCUT2D eigenvalue weighted by atomic mass is 9.93. The number of carbonyl (C=O) groups excluding carboxylic acids is 1. The third kappa shape index (κ3) is 3.20. The number of hydrogen-bond donors (Lipinski definition) is 2. The molecule has 32 heavy (non-hydrogen) atoms. The third-order valence-corrected chi connectivity index (χ3v) is 8.50. The Kier molecular flexibility index (Phi) is 4.37. The number of nitrogens with one attached hydrogen (secondary N) is 2. The molecule has 2 aliphatic carbocycles. The summed E-state index contributed by atoms with van der Waals surface area (Å²) in [5.74, 6) is 0.924. The molecule has 3 fully saturated rings. The molecule has 0 unspecified atom stereocenters. The predicted octanol–water partition coefficient (Wildman–Crippen LogP) is 3.58. The van der Waals surface area contributed by atoms with Gasteiger partial charge in [0.25, 0.3) is 10.0 Å². The average Bonchev–Trinajstić information content (AvgIpc) is 3.69. The lowest BCUT2D eigenvalue weighted by Gasteiger charge is -2.25. The predicted molar refractivity (Wildman–Crippen MR) is 122 cm³/mol. The second-order valence-corrected chi connectivity index (χ2v) is 11.0. The van der Waals surface area contributed by atoms with Crippen LogP contribution in [0.3, 0.4) is 0 Å². The first-order chi connectivity index (χ1) is 15.5. The fourth-order valence-corrected chi connectivity index (χ4v) is 6.23. The summed E-state index contributed by atoms with van der Waals surface area (Å²) >= 11 is 0. The molecule has 1 saturated heterocycles. The van der Waals surface area contributed by atoms with Crippen molar-refractivity contribution >= 4 is 32.7 Å². The number of benzene rings is 1. The van der Waals surface area contributed by atoms with E-state index in [4.69, 9.17) is 4.98 Å². The average molecular weight is 451 g/mol. The van der Waals surface area contributed by atoms with Gasteiger partial charge in [0.05, 0.1) is 10.3 Å². The van der Waals surface area contributed by atoms with E-state index in [2.05, 4.69) is 20.7 Å². The second-order valence-electron chi connectivity index (χ2n) is 9.32. The molecule has 2 aromatic heterocycles. The number of sulfonamides is 1. The number of aromatic amines is 1. The van der Waals surface area contributed by atoms with Crippen LogP contribution < -0.4 is 9.62 Å². The molecule has 1 aliphatic heterocycles. The maximum Gasteiger partial charge on any atom is 0.264 e. The van der Waals surface area contributed by atoms with E-state index < -0.39 is 21.3 Å². The van der Waals surface area contributed by atoms with E-state index in [1.54, 1.807) is 18.3 Å². The van der Waals surface area contributed by atoms with Crippen LogP contribution in [-0.2, 0) is 20.2 Å². The lowest BCUT2D eigenvalue weighted by molar-refractivity contribution is -0.121. The van der Waals surface area contributed by atoms with Gasteiger partial charge < -0.3 is 9.88 Å². The maximum atomic E-state index is 13.5. The van der Waals surface area contributed by atoms with Crippen molar-refractivity contribution in [3.8, 4) is 0 Å². The van der Waals surface area contributed by atoms with Gasteiger partial charge in [0.2, 0.25) is 5.91 Å². The molecule has 0 bridgehead atoms. The molecule has 3 heterocycles. The Morgan fingerprint density at radius 2 is 1.94 bits per heavy atom. The molecule has 2 N–H and O–H groups in total. The quantitative estimate of drug-likeness (QED) is 0.599. The Hall–Kier alpha value is -2.87. The molecule has 0 radical (unpaired) electrons. The standard InChI is InChI=1S/C24H26N4O3S/c29-23(27-32(30,31)21-5-3-4-20-18(21)8-11-25-20)24(9-10-24)19-14-17(16-6-7-16)15-26-22(19)28-12-1-2-13-28/h3-5,8,11,14-16,25H,1-2,6-7,9-10,12-13H2,(H,27,29). The van der Waals surface area contributed by atoms with E-state index in [9.17, 15) is 13.2 Å². The Labute approximate surface area is 187 Å². The molecule has 6 rings (SSSR count). The topological polar surface area (TPSA) is 95.2 Å². The summed E-state index contributed by atoms with van der Waals surface area (Å²) in [5.41, 5.74) is 1.96. The van der Waals surface area contributed by atoms with Crippen LogP contribution in [0.25, 0.3) is 10.9 Å². The Morgan fingerprint density at radius 1 is 1.16 bits per heavy atom. The number of carbonyl (C=O) groups is 1. The van der Waals surface area contributed by atoms with Gasteiger partial charge in [-0.2, -0.15) is 0 Å². The fourth-order valence-electron chi connectivity index (χ4n) is 4.96. The monoisotopic (exact) mass is 450 g/mol. The van der Waals surface area contributed by atoms with E-state index >= 15 is 0 Å². The minimum atomic E-state index is -4.01. The molecule has 8 heteroatoms. The zero-order valence-electron chi connectivity index (χ0n) is 17.8. The van der Waals surface area contributed by atoms with Crippen molar-refractivity contribution in [2.75, 3.05) is 18.0 Å². The fraction of sp³-hybridized carbons (Fsp3) is 0.417. The van der Waals surface area contributed by atoms with Gasteiger partial charge >= 0.3 is 0 Å². The van der Waals surface area contributed by atoms with Crippen LogP contribution in [0.2, 0.25) is 0 Å². The molecule has 3 aromatic rings. The van der Waals surface area contributed by atoms with Crippen LogP contribution in [-0.4, -0.2) is 37.4 Å². The number of rotatable bonds is 6. The second kappa shape index (κ2) is 7.07. The minimum Gasteiger partial charge on any atom is -0.361 e. The summed E-state index contributed by atoms with van der Waals surface area (Å²) in [5, 5.41) is 0.577. The van der Waals surface area contributed by atoms with E-state index in [1.165, 1.54) is 11.6 Å². The van der Waals surface area contributed by atoms with Crippen LogP contribution in [0.4, 0.5) is 5.82 Å². The summed E-state index contributed by atoms with van der Waals surface area (Å²) in [6, 6.07) is 8.88. The third-order valence-electron chi connectivity index (χ3n) is 7.11. The highest BCUT2D eigenvalue weighted by atomic mass is 32.2. The number of pyridine rings is 1. The molecule has 7 nitrogen and oxygen atoms in total. The number of fused-ring (bicyclic) bond motifs is 1. The number of amides is 1. The zero-order chi connectivity index (χ0) is 21.9. The van der Waals surface area contributed by atoms with Crippen molar-refractivity contribution in [2.45, 2.75) is 54.8 Å². The van der Waals surface area contributed by atoms with Crippen LogP contribution in [0, 0.1) is 0 Å². The summed E-state index contributed by atoms with van der Waals surface area (Å²) in [4.78, 5) is 23.7. The van der Waals surface area contributed by atoms with E-state index in [0.717, 1.165) is 55.7 Å². The van der Waals surface area contributed by atoms with Crippen molar-refractivity contribution in [1.82, 2.24) is 14.7 Å². The first-order valence-electron chi connectivity index (χ1n) is 11.4. The summed E-state index contributed by atoms with van der Waals surface area (Å²) in [6.07, 6.45) is 9.45. The molecule has 0 spiro atoms. The first-order valence-corrected chi connectivity index (χ1v) is 12.8. The summed E-state index contributed by atoms with van der Waals surface area (Å²) in [7, 11) is -4.01. The normalized spacial score (nSPS) is 19.9. The zero-order valence-corrected chi connectivity index (χ0v) is 18.6. The SMILES string of the molecule is O=C(NS(=O)(=O)c1cccc2[nH]ccc12)C1(c2cc(C3CC3)cnc2N2CCCC2)CC1. The molecule has 1 amide bonds. The number of aromatic nitrogens is 2. The molecule has 0 atom stereocenters. The van der Waals surface area contributed by atoms with Crippen molar-refractivity contribution in [3.63, 3.8) is 0 Å². The van der Waals surface area contributed by atoms with Crippen molar-refractivity contribution in [3.05, 3.63) is 53.9 Å². The number of hydrogen-bond acceptors (Lipinski definition) is 5. The minimum absolute atomic E-state index is 0.116. The number of nitrogens with zero attached hydrogens (tertiary/aromatic N) is 2. The van der Waals surface area contributed by atoms with Gasteiger partial charge in [-0.3, -0.25) is 4.79 Å². The lowest BCUT2D eigenvalue weighted by Crippen LogP contribution is -2.40. The van der Waals surface area contributed by atoms with E-state index in [1.807, 2.05) is 12.3 Å². The van der Waals surface area contributed by atoms with E-state index in [-0.39, 0.29) is 4.90 Å². The molecule has 3 aliphatic rings. The molecule has 2 saturated carbocycles. The van der Waals surface area contributed by atoms with Gasteiger partial charge in [0, 0.05) is 41.9 Å². The van der Waals surface area contributed by atoms with Crippen LogP contribution in [0.15, 0.2) is 47.6 Å². The van der Waals surface area contributed by atoms with Crippen molar-refractivity contribution < 1.29 is 13.2 Å². The number of H-pyrrole nitrogens is 1. The van der Waals surface area contributed by atoms with Gasteiger partial charge in [-0.05, 0) is 74.3 Å². The smallest absolute Gasteiger partial charge is 0.264 e. The Balaban J connectivity index is 1.36. The molecular weight excluding hydrogens is 424 g/mol. The molecule has 1 aromatic carbocycles. The highest BCUT2D eigenvalue weighted by Crippen LogP contribution is 2.53. The Bertz CT molecular complexity index is 1320. The Morgan fingerprint density at radius 3 is 2.66 bits per heavy atom. The van der Waals surface area contributed by atoms with Crippen LogP contribution in [0.5, 0.6) is 0 Å². The maximum absolute atomic E-state index is 13.5. The van der Waals surface area contributed by atoms with Gasteiger partial charge in [-0.15, -0.1) is 0 Å². The highest BCUT2D eigenvalue weighted by molar-refractivity contribution is 7.90. The summed E-state index contributed by atoms with van der Waals surface area (Å²) < 4.78 is 28.8. The molecule has 166 valence electrons. The van der Waals surface area contributed by atoms with Gasteiger partial charge in [-0.25, -0.2) is 18.1 Å². The van der Waals surface area contributed by atoms with Crippen molar-refractivity contribution in [2.24, 2.45) is 0 Å². The highest BCUT2D eigenvalue weighted by Gasteiger charge is 2.54. The van der Waals surface area contributed by atoms with E-state index in [0.29, 0.717) is 24.1 Å². The number of anilines is 1. The molecular formula is C24H26N4O3S. The van der Waals surface area contributed by atoms with Gasteiger partial charge in [-0.1, -0.05) is 6.07 Å². The van der Waals surface area contributed by atoms with Crippen LogP contribution in [0.1, 0.15) is 55.6 Å². The summed E-state index contributed by atoms with van der Waals surface area (Å²) in [6.45, 7) is 1.85. The van der Waals surface area contributed by atoms with Crippen LogP contribution >= 0.6 is 0 Å².